The molecule has 0 N–H and O–H groups in total. The van der Waals surface area contributed by atoms with Crippen molar-refractivity contribution < 1.29 is 0 Å². The Labute approximate surface area is 161 Å². The van der Waals surface area contributed by atoms with E-state index >= 15 is 0 Å². The van der Waals surface area contributed by atoms with Gasteiger partial charge in [-0.3, -0.25) is 0 Å². The first-order valence-electron chi connectivity index (χ1n) is 10.2. The molecular weight excluding hydrogens is 326 g/mol. The van der Waals surface area contributed by atoms with Crippen LogP contribution in [0.1, 0.15) is 38.3 Å². The predicted octanol–water partition coefficient (Wildman–Crippen LogP) is 4.76. The molecule has 1 saturated carbocycles. The van der Waals surface area contributed by atoms with Gasteiger partial charge in [0.2, 0.25) is 0 Å². The number of hydrogen-bond acceptors (Lipinski definition) is 0. The minimum absolute atomic E-state index is 0.322. The second kappa shape index (κ2) is 5.99. The van der Waals surface area contributed by atoms with Crippen LogP contribution in [0.5, 0.6) is 0 Å². The topological polar surface area (TPSA) is 4.93 Å². The predicted molar refractivity (Wildman–Crippen MR) is 114 cm³/mol. The second-order valence-corrected chi connectivity index (χ2v) is 8.51. The number of hydrogen-bond donors (Lipinski definition) is 0. The summed E-state index contributed by atoms with van der Waals surface area (Å²) in [5.74, 6) is 2.16. The number of fused-ring (bicyclic) bond motifs is 1. The van der Waals surface area contributed by atoms with E-state index in [4.69, 9.17) is 0 Å². The van der Waals surface area contributed by atoms with Gasteiger partial charge in [-0.15, -0.1) is 0 Å². The Balaban J connectivity index is 1.79. The van der Waals surface area contributed by atoms with E-state index in [0.717, 1.165) is 16.8 Å². The summed E-state index contributed by atoms with van der Waals surface area (Å²) < 4.78 is 2.49. The monoisotopic (exact) mass is 353 g/mol. The van der Waals surface area contributed by atoms with Gasteiger partial charge < -0.3 is 4.57 Å². The van der Waals surface area contributed by atoms with Gasteiger partial charge in [0.25, 0.3) is 0 Å². The van der Waals surface area contributed by atoms with Crippen LogP contribution in [0, 0.1) is 17.8 Å². The molecule has 1 fully saturated rings. The Bertz CT molecular complexity index is 1090. The van der Waals surface area contributed by atoms with Gasteiger partial charge in [0.15, 0.2) is 0 Å². The number of rotatable bonds is 4. The summed E-state index contributed by atoms with van der Waals surface area (Å²) in [6, 6.07) is 15.5. The number of aromatic nitrogens is 1. The smallest absolute Gasteiger partial charge is 0.0631 e. The van der Waals surface area contributed by atoms with Crippen LogP contribution in [-0.2, 0) is 0 Å². The molecule has 5 rings (SSSR count). The first-order valence-corrected chi connectivity index (χ1v) is 10.2. The van der Waals surface area contributed by atoms with E-state index in [2.05, 4.69) is 86.2 Å². The Morgan fingerprint density at radius 3 is 2.37 bits per heavy atom. The van der Waals surface area contributed by atoms with E-state index < -0.39 is 0 Å². The van der Waals surface area contributed by atoms with E-state index in [1.165, 1.54) is 40.5 Å². The van der Waals surface area contributed by atoms with Gasteiger partial charge in [-0.05, 0) is 65.0 Å². The van der Waals surface area contributed by atoms with Crippen LogP contribution in [0.3, 0.4) is 0 Å². The minimum Gasteiger partial charge on any atom is -0.334 e. The van der Waals surface area contributed by atoms with E-state index in [1.54, 1.807) is 0 Å². The van der Waals surface area contributed by atoms with E-state index in [0.29, 0.717) is 17.9 Å². The number of benzene rings is 1. The van der Waals surface area contributed by atoms with Crippen molar-refractivity contribution in [2.45, 2.75) is 32.7 Å². The Morgan fingerprint density at radius 2 is 1.67 bits per heavy atom. The van der Waals surface area contributed by atoms with Gasteiger partial charge in [0.1, 0.15) is 0 Å². The van der Waals surface area contributed by atoms with Crippen LogP contribution in [0.4, 0.5) is 0 Å². The molecule has 1 aromatic heterocycles. The van der Waals surface area contributed by atoms with Crippen molar-refractivity contribution in [2.24, 2.45) is 17.8 Å². The molecule has 1 heteroatoms. The lowest BCUT2D eigenvalue weighted by atomic mass is 9.77. The van der Waals surface area contributed by atoms with Crippen LogP contribution >= 0.6 is 0 Å². The molecule has 0 bridgehead atoms. The first kappa shape index (κ1) is 16.6. The van der Waals surface area contributed by atoms with Crippen LogP contribution < -0.4 is 10.7 Å². The fourth-order valence-corrected chi connectivity index (χ4v) is 5.14. The molecule has 0 saturated heterocycles. The fraction of sp³-hybridized carbons (Fsp3) is 0.308. The average Bonchev–Trinajstić information content (AvgIpc) is 3.38. The van der Waals surface area contributed by atoms with E-state index in [9.17, 15) is 0 Å². The van der Waals surface area contributed by atoms with Crippen molar-refractivity contribution in [3.05, 3.63) is 94.2 Å². The van der Waals surface area contributed by atoms with Crippen LogP contribution in [0.25, 0.3) is 12.2 Å². The quantitative estimate of drug-likeness (QED) is 0.747. The highest BCUT2D eigenvalue weighted by Crippen LogP contribution is 2.49. The van der Waals surface area contributed by atoms with Crippen molar-refractivity contribution in [1.82, 2.24) is 4.57 Å². The average molecular weight is 354 g/mol. The van der Waals surface area contributed by atoms with Gasteiger partial charge >= 0.3 is 0 Å². The molecule has 27 heavy (non-hydrogen) atoms. The van der Waals surface area contributed by atoms with Crippen LogP contribution in [0.2, 0.25) is 0 Å². The molecule has 0 radical (unpaired) electrons. The highest BCUT2D eigenvalue weighted by molar-refractivity contribution is 5.86. The number of allylic oxidation sites excluding steroid dienone is 5. The van der Waals surface area contributed by atoms with E-state index in [-0.39, 0.29) is 0 Å². The maximum atomic E-state index is 4.41. The van der Waals surface area contributed by atoms with Crippen molar-refractivity contribution in [1.29, 1.82) is 0 Å². The zero-order valence-electron chi connectivity index (χ0n) is 16.3. The molecule has 2 unspecified atom stereocenters. The molecule has 136 valence electrons. The Morgan fingerprint density at radius 1 is 0.926 bits per heavy atom. The van der Waals surface area contributed by atoms with Crippen molar-refractivity contribution in [2.75, 3.05) is 0 Å². The molecule has 2 heterocycles. The second-order valence-electron chi connectivity index (χ2n) is 8.51. The highest BCUT2D eigenvalue weighted by Gasteiger charge is 2.40. The standard InChI is InChI=1S/C26H27N/c1-16-10-14-22-24(16)26(19(4)18(3)20-12-13-20)27-17(2)11-15-23(27)25(22)21-8-6-5-7-9-21/h5-11,14-15,18-20,26H,1-2,12-13H2,3-4H3/t18-,19?,26?/m1/s1. The lowest BCUT2D eigenvalue weighted by Gasteiger charge is -2.36. The third-order valence-electron chi connectivity index (χ3n) is 6.94. The summed E-state index contributed by atoms with van der Waals surface area (Å²) in [7, 11) is 0. The third-order valence-corrected chi connectivity index (χ3v) is 6.94. The number of nitrogens with zero attached hydrogens (tertiary/aromatic N) is 1. The molecule has 3 atom stereocenters. The SMILES string of the molecule is C=C1C=CC2=C1C(C(C)[C@@H](C)C1CC1)n1c(=C)ccc1=C2c1ccccc1. The Kier molecular flexibility index (Phi) is 3.69. The minimum atomic E-state index is 0.322. The third kappa shape index (κ3) is 2.45. The summed E-state index contributed by atoms with van der Waals surface area (Å²) in [6.45, 7) is 13.7. The summed E-state index contributed by atoms with van der Waals surface area (Å²) in [4.78, 5) is 0. The lowest BCUT2D eigenvalue weighted by molar-refractivity contribution is 0.261. The van der Waals surface area contributed by atoms with Gasteiger partial charge in [-0.2, -0.15) is 0 Å². The maximum absolute atomic E-state index is 4.41. The van der Waals surface area contributed by atoms with Crippen molar-refractivity contribution >= 4 is 12.2 Å². The molecule has 0 spiro atoms. The lowest BCUT2D eigenvalue weighted by Crippen LogP contribution is -2.41. The highest BCUT2D eigenvalue weighted by atomic mass is 15.0. The van der Waals surface area contributed by atoms with Gasteiger partial charge in [0.05, 0.1) is 11.4 Å². The zero-order valence-corrected chi connectivity index (χ0v) is 16.3. The summed E-state index contributed by atoms with van der Waals surface area (Å²) in [5.41, 5.74) is 6.51. The van der Waals surface area contributed by atoms with Crippen LogP contribution in [0.15, 0.2) is 77.9 Å². The molecule has 1 nitrogen and oxygen atoms in total. The fourth-order valence-electron chi connectivity index (χ4n) is 5.14. The molecule has 1 aliphatic heterocycles. The van der Waals surface area contributed by atoms with Gasteiger partial charge in [-0.1, -0.05) is 69.5 Å². The summed E-state index contributed by atoms with van der Waals surface area (Å²) >= 11 is 0. The molecule has 3 aliphatic rings. The zero-order chi connectivity index (χ0) is 18.7. The summed E-state index contributed by atoms with van der Waals surface area (Å²) in [5, 5.41) is 2.40. The van der Waals surface area contributed by atoms with Gasteiger partial charge in [-0.25, -0.2) is 0 Å². The largest absolute Gasteiger partial charge is 0.334 e. The van der Waals surface area contributed by atoms with Crippen LogP contribution in [-0.4, -0.2) is 4.57 Å². The summed E-state index contributed by atoms with van der Waals surface area (Å²) in [6.07, 6.45) is 7.26. The van der Waals surface area contributed by atoms with Crippen molar-refractivity contribution in [3.63, 3.8) is 0 Å². The molecule has 1 aromatic carbocycles. The van der Waals surface area contributed by atoms with Crippen molar-refractivity contribution in [3.8, 4) is 0 Å². The molecule has 2 aliphatic carbocycles. The normalized spacial score (nSPS) is 23.4. The first-order chi connectivity index (χ1) is 13.1. The molecule has 2 aromatic rings. The Hall–Kier alpha value is -2.54. The molecular formula is C26H27N. The molecule has 0 amide bonds. The van der Waals surface area contributed by atoms with Gasteiger partial charge in [0, 0.05) is 10.9 Å². The maximum Gasteiger partial charge on any atom is 0.0631 e. The van der Waals surface area contributed by atoms with E-state index in [1.807, 2.05) is 0 Å².